The second-order valence-corrected chi connectivity index (χ2v) is 9.77. The van der Waals surface area contributed by atoms with Crippen molar-refractivity contribution in [3.8, 4) is 0 Å². The molecule has 0 saturated carbocycles. The third-order valence-corrected chi connectivity index (χ3v) is 7.49. The normalized spacial score (nSPS) is 17.6. The third-order valence-electron chi connectivity index (χ3n) is 5.57. The molecule has 2 rings (SSSR count). The van der Waals surface area contributed by atoms with Crippen molar-refractivity contribution in [2.45, 2.75) is 45.4 Å². The Balaban J connectivity index is 1.82. The first-order chi connectivity index (χ1) is 13.3. The number of carbonyl (C=O) groups excluding carboxylic acids is 1. The Morgan fingerprint density at radius 3 is 2.29 bits per heavy atom. The van der Waals surface area contributed by atoms with Gasteiger partial charge in [0.2, 0.25) is 15.9 Å². The molecule has 0 aliphatic carbocycles. The molecule has 7 heteroatoms. The number of nitrogens with zero attached hydrogens (tertiary/aromatic N) is 2. The summed E-state index contributed by atoms with van der Waals surface area (Å²) < 4.78 is 27.0. The Labute approximate surface area is 170 Å². The first-order valence-electron chi connectivity index (χ1n) is 10.3. The first-order valence-corrected chi connectivity index (χ1v) is 11.8. The van der Waals surface area contributed by atoms with E-state index < -0.39 is 10.0 Å². The summed E-state index contributed by atoms with van der Waals surface area (Å²) in [5.74, 6) is 0.342. The monoisotopic (exact) mass is 409 g/mol. The molecule has 28 heavy (non-hydrogen) atoms. The minimum Gasteiger partial charge on any atom is -0.356 e. The third kappa shape index (κ3) is 6.03. The highest BCUT2D eigenvalue weighted by molar-refractivity contribution is 7.89. The molecule has 1 fully saturated rings. The van der Waals surface area contributed by atoms with Gasteiger partial charge in [-0.05, 0) is 50.9 Å². The molecule has 1 N–H and O–H groups in total. The molecule has 0 bridgehead atoms. The number of hydrogen-bond acceptors (Lipinski definition) is 4. The van der Waals surface area contributed by atoms with Gasteiger partial charge in [0.15, 0.2) is 0 Å². The summed E-state index contributed by atoms with van der Waals surface area (Å²) in [5.41, 5.74) is 1.03. The SMILES string of the molecule is CCN(CC)C[C@H](C)CNC(=O)C1CCN(S(=O)(=O)c2ccc(C)cc2)CC1. The Kier molecular flexibility index (Phi) is 8.46. The van der Waals surface area contributed by atoms with Crippen LogP contribution in [0.3, 0.4) is 0 Å². The van der Waals surface area contributed by atoms with Crippen LogP contribution in [0.25, 0.3) is 0 Å². The molecule has 0 radical (unpaired) electrons. The number of aryl methyl sites for hydroxylation is 1. The van der Waals surface area contributed by atoms with Gasteiger partial charge in [-0.15, -0.1) is 0 Å². The molecule has 158 valence electrons. The van der Waals surface area contributed by atoms with Crippen molar-refractivity contribution in [3.63, 3.8) is 0 Å². The molecule has 0 unspecified atom stereocenters. The quantitative estimate of drug-likeness (QED) is 0.680. The van der Waals surface area contributed by atoms with Gasteiger partial charge in [0.05, 0.1) is 4.90 Å². The number of rotatable bonds is 9. The summed E-state index contributed by atoms with van der Waals surface area (Å²) in [7, 11) is -3.48. The minimum absolute atomic E-state index is 0.0544. The lowest BCUT2D eigenvalue weighted by atomic mass is 9.97. The van der Waals surface area contributed by atoms with E-state index in [0.717, 1.165) is 25.2 Å². The molecule has 1 aromatic carbocycles. The number of hydrogen-bond donors (Lipinski definition) is 1. The lowest BCUT2D eigenvalue weighted by molar-refractivity contribution is -0.126. The van der Waals surface area contributed by atoms with E-state index in [1.807, 2.05) is 19.1 Å². The zero-order valence-electron chi connectivity index (χ0n) is 17.6. The zero-order chi connectivity index (χ0) is 20.7. The van der Waals surface area contributed by atoms with Crippen LogP contribution in [0.4, 0.5) is 0 Å². The molecule has 1 atom stereocenters. The van der Waals surface area contributed by atoms with E-state index in [4.69, 9.17) is 0 Å². The molecule has 0 spiro atoms. The van der Waals surface area contributed by atoms with Crippen LogP contribution in [0.15, 0.2) is 29.2 Å². The Hall–Kier alpha value is -1.44. The van der Waals surface area contributed by atoms with Crippen molar-refractivity contribution in [2.75, 3.05) is 39.3 Å². The average Bonchev–Trinajstić information content (AvgIpc) is 2.70. The zero-order valence-corrected chi connectivity index (χ0v) is 18.5. The molecule has 1 saturated heterocycles. The van der Waals surface area contributed by atoms with Gasteiger partial charge < -0.3 is 10.2 Å². The highest BCUT2D eigenvalue weighted by Gasteiger charge is 2.32. The fraction of sp³-hybridized carbons (Fsp3) is 0.667. The lowest BCUT2D eigenvalue weighted by Crippen LogP contribution is -2.44. The number of amides is 1. The first kappa shape index (κ1) is 22.8. The van der Waals surface area contributed by atoms with E-state index >= 15 is 0 Å². The van der Waals surface area contributed by atoms with Crippen molar-refractivity contribution >= 4 is 15.9 Å². The van der Waals surface area contributed by atoms with Gasteiger partial charge in [-0.1, -0.05) is 38.5 Å². The van der Waals surface area contributed by atoms with E-state index in [1.165, 1.54) is 4.31 Å². The summed E-state index contributed by atoms with van der Waals surface area (Å²) in [6.07, 6.45) is 1.14. The van der Waals surface area contributed by atoms with E-state index in [-0.39, 0.29) is 11.8 Å². The van der Waals surface area contributed by atoms with Crippen LogP contribution in [0, 0.1) is 18.8 Å². The molecular formula is C21H35N3O3S. The van der Waals surface area contributed by atoms with Crippen LogP contribution in [0.2, 0.25) is 0 Å². The highest BCUT2D eigenvalue weighted by atomic mass is 32.2. The van der Waals surface area contributed by atoms with E-state index in [1.54, 1.807) is 12.1 Å². The van der Waals surface area contributed by atoms with E-state index in [0.29, 0.717) is 43.3 Å². The predicted octanol–water partition coefficient (Wildman–Crippen LogP) is 2.49. The minimum atomic E-state index is -3.48. The summed E-state index contributed by atoms with van der Waals surface area (Å²) in [5, 5.41) is 3.06. The second kappa shape index (κ2) is 10.4. The van der Waals surface area contributed by atoms with Crippen LogP contribution in [-0.2, 0) is 14.8 Å². The fourth-order valence-electron chi connectivity index (χ4n) is 3.62. The molecule has 1 heterocycles. The van der Waals surface area contributed by atoms with Crippen LogP contribution in [0.5, 0.6) is 0 Å². The molecule has 0 aromatic heterocycles. The Morgan fingerprint density at radius 1 is 1.18 bits per heavy atom. The van der Waals surface area contributed by atoms with Crippen molar-refractivity contribution in [1.82, 2.24) is 14.5 Å². The van der Waals surface area contributed by atoms with E-state index in [9.17, 15) is 13.2 Å². The molecule has 1 aliphatic heterocycles. The van der Waals surface area contributed by atoms with Crippen molar-refractivity contribution < 1.29 is 13.2 Å². The number of carbonyl (C=O) groups is 1. The van der Waals surface area contributed by atoms with Gasteiger partial charge in [-0.25, -0.2) is 8.42 Å². The molecule has 1 aliphatic rings. The Morgan fingerprint density at radius 2 is 1.75 bits per heavy atom. The lowest BCUT2D eigenvalue weighted by Gasteiger charge is -2.31. The largest absolute Gasteiger partial charge is 0.356 e. The number of piperidine rings is 1. The second-order valence-electron chi connectivity index (χ2n) is 7.83. The van der Waals surface area contributed by atoms with Crippen molar-refractivity contribution in [1.29, 1.82) is 0 Å². The number of benzene rings is 1. The fourth-order valence-corrected chi connectivity index (χ4v) is 5.09. The smallest absolute Gasteiger partial charge is 0.243 e. The maximum atomic E-state index is 12.8. The summed E-state index contributed by atoms with van der Waals surface area (Å²) in [4.78, 5) is 15.2. The van der Waals surface area contributed by atoms with Gasteiger partial charge in [-0.3, -0.25) is 4.79 Å². The van der Waals surface area contributed by atoms with Gasteiger partial charge in [0.1, 0.15) is 0 Å². The van der Waals surface area contributed by atoms with Crippen molar-refractivity contribution in [2.24, 2.45) is 11.8 Å². The Bertz CT molecular complexity index is 722. The average molecular weight is 410 g/mol. The van der Waals surface area contributed by atoms with Crippen molar-refractivity contribution in [3.05, 3.63) is 29.8 Å². The standard InChI is InChI=1S/C21H35N3O3S/c1-5-23(6-2)16-18(4)15-22-21(25)19-11-13-24(14-12-19)28(26,27)20-9-7-17(3)8-10-20/h7-10,18-19H,5-6,11-16H2,1-4H3,(H,22,25)/t18-/m1/s1. The molecule has 1 aromatic rings. The summed E-state index contributed by atoms with van der Waals surface area (Å²) >= 11 is 0. The van der Waals surface area contributed by atoms with Gasteiger partial charge in [0, 0.05) is 32.1 Å². The predicted molar refractivity (Wildman–Crippen MR) is 113 cm³/mol. The number of sulfonamides is 1. The maximum absolute atomic E-state index is 12.8. The van der Waals surface area contributed by atoms with Gasteiger partial charge in [-0.2, -0.15) is 4.31 Å². The van der Waals surface area contributed by atoms with Crippen LogP contribution >= 0.6 is 0 Å². The maximum Gasteiger partial charge on any atom is 0.243 e. The molecular weight excluding hydrogens is 374 g/mol. The van der Waals surface area contributed by atoms with Crippen LogP contribution in [-0.4, -0.2) is 62.8 Å². The highest BCUT2D eigenvalue weighted by Crippen LogP contribution is 2.24. The molecule has 6 nitrogen and oxygen atoms in total. The molecule has 1 amide bonds. The van der Waals surface area contributed by atoms with Crippen LogP contribution in [0.1, 0.15) is 39.2 Å². The summed E-state index contributed by atoms with van der Waals surface area (Å²) in [6, 6.07) is 6.93. The van der Waals surface area contributed by atoms with Gasteiger partial charge in [0.25, 0.3) is 0 Å². The summed E-state index contributed by atoms with van der Waals surface area (Å²) in [6.45, 7) is 12.8. The topological polar surface area (TPSA) is 69.7 Å². The van der Waals surface area contributed by atoms with E-state index in [2.05, 4.69) is 31.0 Å². The van der Waals surface area contributed by atoms with Gasteiger partial charge >= 0.3 is 0 Å². The number of nitrogens with one attached hydrogen (secondary N) is 1. The van der Waals surface area contributed by atoms with Crippen LogP contribution < -0.4 is 5.32 Å².